The van der Waals surface area contributed by atoms with Gasteiger partial charge in [-0.1, -0.05) is 19.9 Å². The summed E-state index contributed by atoms with van der Waals surface area (Å²) in [5.74, 6) is 1.62. The molecular weight excluding hydrogens is 222 g/mol. The molecule has 0 aliphatic carbocycles. The third-order valence-corrected chi connectivity index (χ3v) is 3.21. The van der Waals surface area contributed by atoms with Crippen LogP contribution in [0.3, 0.4) is 0 Å². The molecule has 0 amide bonds. The van der Waals surface area contributed by atoms with Gasteiger partial charge in [-0.15, -0.1) is 0 Å². The van der Waals surface area contributed by atoms with Crippen LogP contribution in [0.2, 0.25) is 0 Å². The van der Waals surface area contributed by atoms with E-state index in [9.17, 15) is 0 Å². The van der Waals surface area contributed by atoms with Crippen molar-refractivity contribution in [1.29, 1.82) is 0 Å². The lowest BCUT2D eigenvalue weighted by atomic mass is 9.92. The zero-order valence-electron chi connectivity index (χ0n) is 12.2. The fraction of sp³-hybridized carbons (Fsp3) is 0.625. The quantitative estimate of drug-likeness (QED) is 0.802. The molecule has 2 nitrogen and oxygen atoms in total. The maximum atomic E-state index is 5.86. The highest BCUT2D eigenvalue weighted by molar-refractivity contribution is 5.36. The van der Waals surface area contributed by atoms with Crippen LogP contribution < -0.4 is 10.5 Å². The van der Waals surface area contributed by atoms with Crippen molar-refractivity contribution in [3.05, 3.63) is 29.3 Å². The molecule has 0 radical (unpaired) electrons. The van der Waals surface area contributed by atoms with Crippen LogP contribution in [0.4, 0.5) is 0 Å². The van der Waals surface area contributed by atoms with E-state index in [2.05, 4.69) is 39.0 Å². The van der Waals surface area contributed by atoms with E-state index in [1.165, 1.54) is 11.1 Å². The minimum atomic E-state index is 0.285. The molecule has 0 heterocycles. The summed E-state index contributed by atoms with van der Waals surface area (Å²) < 4.78 is 5.55. The highest BCUT2D eigenvalue weighted by Gasteiger charge is 2.10. The number of hydrogen-bond donors (Lipinski definition) is 1. The monoisotopic (exact) mass is 249 g/mol. The highest BCUT2D eigenvalue weighted by Crippen LogP contribution is 2.22. The average Bonchev–Trinajstić information content (AvgIpc) is 2.30. The zero-order valence-corrected chi connectivity index (χ0v) is 12.2. The van der Waals surface area contributed by atoms with Crippen LogP contribution in [0.5, 0.6) is 5.75 Å². The molecule has 2 unspecified atom stereocenters. The summed E-state index contributed by atoms with van der Waals surface area (Å²) >= 11 is 0. The highest BCUT2D eigenvalue weighted by atomic mass is 16.5. The number of aryl methyl sites for hydroxylation is 1. The molecule has 2 N–H and O–H groups in total. The van der Waals surface area contributed by atoms with Crippen molar-refractivity contribution in [2.45, 2.75) is 53.0 Å². The summed E-state index contributed by atoms with van der Waals surface area (Å²) in [7, 11) is 0. The summed E-state index contributed by atoms with van der Waals surface area (Å²) in [4.78, 5) is 0. The standard InChI is InChI=1S/C16H27NO/c1-5-14-11-16(18-6-2)8-7-15(14)10-12(3)9-13(4)17/h7-8,11-13H,5-6,9-10,17H2,1-4H3. The Kier molecular flexibility index (Phi) is 6.20. The molecule has 102 valence electrons. The summed E-state index contributed by atoms with van der Waals surface area (Å²) in [5, 5.41) is 0. The van der Waals surface area contributed by atoms with Crippen LogP contribution >= 0.6 is 0 Å². The Labute approximate surface area is 112 Å². The van der Waals surface area contributed by atoms with E-state index in [-0.39, 0.29) is 6.04 Å². The van der Waals surface area contributed by atoms with Gasteiger partial charge >= 0.3 is 0 Å². The van der Waals surface area contributed by atoms with Crippen molar-refractivity contribution in [2.24, 2.45) is 11.7 Å². The molecule has 1 aromatic carbocycles. The SMILES string of the molecule is CCOc1ccc(CC(C)CC(C)N)c(CC)c1. The first-order chi connectivity index (χ1) is 8.56. The van der Waals surface area contributed by atoms with Crippen molar-refractivity contribution in [1.82, 2.24) is 0 Å². The lowest BCUT2D eigenvalue weighted by Crippen LogP contribution is -2.19. The Bertz CT molecular complexity index is 360. The number of hydrogen-bond acceptors (Lipinski definition) is 2. The largest absolute Gasteiger partial charge is 0.494 e. The zero-order chi connectivity index (χ0) is 13.5. The van der Waals surface area contributed by atoms with Gasteiger partial charge in [0.15, 0.2) is 0 Å². The second-order valence-electron chi connectivity index (χ2n) is 5.24. The normalized spacial score (nSPS) is 14.3. The number of benzene rings is 1. The van der Waals surface area contributed by atoms with Gasteiger partial charge in [0.25, 0.3) is 0 Å². The molecule has 0 saturated heterocycles. The molecule has 0 bridgehead atoms. The molecule has 0 aromatic heterocycles. The number of ether oxygens (including phenoxy) is 1. The Balaban J connectivity index is 2.75. The first-order valence-corrected chi connectivity index (χ1v) is 7.06. The van der Waals surface area contributed by atoms with Crippen LogP contribution in [0.25, 0.3) is 0 Å². The second kappa shape index (κ2) is 7.42. The minimum absolute atomic E-state index is 0.285. The number of rotatable bonds is 7. The van der Waals surface area contributed by atoms with Crippen LogP contribution in [0.1, 0.15) is 45.2 Å². The van der Waals surface area contributed by atoms with Gasteiger partial charge in [0.05, 0.1) is 6.61 Å². The summed E-state index contributed by atoms with van der Waals surface area (Å²) in [6, 6.07) is 6.75. The van der Waals surface area contributed by atoms with Crippen molar-refractivity contribution < 1.29 is 4.74 Å². The molecule has 1 rings (SSSR count). The van der Waals surface area contributed by atoms with Crippen LogP contribution in [0, 0.1) is 5.92 Å². The van der Waals surface area contributed by atoms with Crippen LogP contribution in [0.15, 0.2) is 18.2 Å². The Morgan fingerprint density at radius 1 is 1.17 bits per heavy atom. The van der Waals surface area contributed by atoms with Gasteiger partial charge < -0.3 is 10.5 Å². The first kappa shape index (κ1) is 15.0. The van der Waals surface area contributed by atoms with Crippen molar-refractivity contribution in [3.8, 4) is 5.75 Å². The van der Waals surface area contributed by atoms with Gasteiger partial charge in [0.2, 0.25) is 0 Å². The van der Waals surface area contributed by atoms with Gasteiger partial charge in [-0.3, -0.25) is 0 Å². The fourth-order valence-electron chi connectivity index (χ4n) is 2.48. The maximum Gasteiger partial charge on any atom is 0.119 e. The van der Waals surface area contributed by atoms with E-state index >= 15 is 0 Å². The van der Waals surface area contributed by atoms with E-state index in [4.69, 9.17) is 10.5 Å². The van der Waals surface area contributed by atoms with Gasteiger partial charge in [-0.05, 0) is 62.3 Å². The molecule has 0 fully saturated rings. The molecular formula is C16H27NO. The molecule has 0 saturated carbocycles. The smallest absolute Gasteiger partial charge is 0.119 e. The minimum Gasteiger partial charge on any atom is -0.494 e. The van der Waals surface area contributed by atoms with Crippen molar-refractivity contribution in [3.63, 3.8) is 0 Å². The Morgan fingerprint density at radius 2 is 1.89 bits per heavy atom. The molecule has 2 atom stereocenters. The lowest BCUT2D eigenvalue weighted by Gasteiger charge is -2.17. The molecule has 0 spiro atoms. The molecule has 0 aliphatic heterocycles. The molecule has 18 heavy (non-hydrogen) atoms. The average molecular weight is 249 g/mol. The van der Waals surface area contributed by atoms with Gasteiger partial charge in [0.1, 0.15) is 5.75 Å². The Hall–Kier alpha value is -1.02. The molecule has 2 heteroatoms. The van der Waals surface area contributed by atoms with Crippen LogP contribution in [-0.4, -0.2) is 12.6 Å². The Morgan fingerprint density at radius 3 is 2.44 bits per heavy atom. The summed E-state index contributed by atoms with van der Waals surface area (Å²) in [5.41, 5.74) is 8.70. The second-order valence-corrected chi connectivity index (χ2v) is 5.24. The van der Waals surface area contributed by atoms with E-state index in [0.717, 1.165) is 31.6 Å². The predicted octanol–water partition coefficient (Wildman–Crippen LogP) is 3.56. The summed E-state index contributed by atoms with van der Waals surface area (Å²) in [6.07, 6.45) is 3.24. The number of nitrogens with two attached hydrogens (primary N) is 1. The molecule has 1 aromatic rings. The maximum absolute atomic E-state index is 5.86. The van der Waals surface area contributed by atoms with Crippen molar-refractivity contribution in [2.75, 3.05) is 6.61 Å². The van der Waals surface area contributed by atoms with E-state index in [1.807, 2.05) is 6.92 Å². The predicted molar refractivity (Wildman–Crippen MR) is 78.1 cm³/mol. The fourth-order valence-corrected chi connectivity index (χ4v) is 2.48. The van der Waals surface area contributed by atoms with Gasteiger partial charge in [-0.25, -0.2) is 0 Å². The molecule has 0 aliphatic rings. The topological polar surface area (TPSA) is 35.2 Å². The van der Waals surface area contributed by atoms with Gasteiger partial charge in [0, 0.05) is 6.04 Å². The lowest BCUT2D eigenvalue weighted by molar-refractivity contribution is 0.339. The van der Waals surface area contributed by atoms with Crippen LogP contribution in [-0.2, 0) is 12.8 Å². The third kappa shape index (κ3) is 4.69. The summed E-state index contributed by atoms with van der Waals surface area (Å²) in [6.45, 7) is 9.30. The van der Waals surface area contributed by atoms with E-state index < -0.39 is 0 Å². The van der Waals surface area contributed by atoms with E-state index in [0.29, 0.717) is 5.92 Å². The first-order valence-electron chi connectivity index (χ1n) is 7.06. The van der Waals surface area contributed by atoms with E-state index in [1.54, 1.807) is 0 Å². The van der Waals surface area contributed by atoms with Crippen molar-refractivity contribution >= 4 is 0 Å². The third-order valence-electron chi connectivity index (χ3n) is 3.21. The van der Waals surface area contributed by atoms with Gasteiger partial charge in [-0.2, -0.15) is 0 Å².